The average Bonchev–Trinajstić information content (AvgIpc) is 2.10. The number of methoxy groups -OCH3 is 1. The molecular weight excluding hydrogens is 234 g/mol. The van der Waals surface area contributed by atoms with Gasteiger partial charge in [-0.05, 0) is 19.4 Å². The summed E-state index contributed by atoms with van der Waals surface area (Å²) in [6, 6.07) is 0. The average molecular weight is 247 g/mol. The van der Waals surface area contributed by atoms with Crippen molar-refractivity contribution in [2.45, 2.75) is 23.0 Å². The summed E-state index contributed by atoms with van der Waals surface area (Å²) in [6.07, 6.45) is 0.233. The number of carbonyl (C=O) groups is 1. The van der Waals surface area contributed by atoms with Crippen LogP contribution in [-0.2, 0) is 9.53 Å². The second kappa shape index (κ2) is 5.11. The van der Waals surface area contributed by atoms with Gasteiger partial charge in [0.05, 0.1) is 7.11 Å². The van der Waals surface area contributed by atoms with Crippen molar-refractivity contribution in [3.63, 3.8) is 0 Å². The number of ether oxygens (including phenoxy) is 1. The molecule has 0 aliphatic rings. The summed E-state index contributed by atoms with van der Waals surface area (Å²) in [5, 5.41) is 0. The fourth-order valence-electron chi connectivity index (χ4n) is 0.923. The highest BCUT2D eigenvalue weighted by molar-refractivity contribution is 6.49. The smallest absolute Gasteiger partial charge is 0.331 e. The minimum atomic E-state index is -2.88. The van der Waals surface area contributed by atoms with Crippen LogP contribution in [0.3, 0.4) is 0 Å². The van der Waals surface area contributed by atoms with Gasteiger partial charge < -0.3 is 16.2 Å². The van der Waals surface area contributed by atoms with Gasteiger partial charge in [0.15, 0.2) is 5.54 Å². The number of alkyl halides is 3. The molecule has 0 saturated carbocycles. The highest BCUT2D eigenvalue weighted by atomic mass is 35.5. The molecule has 0 unspecified atom stereocenters. The van der Waals surface area contributed by atoms with E-state index in [1.165, 1.54) is 0 Å². The maximum absolute atomic E-state index is 13.3. The summed E-state index contributed by atoms with van der Waals surface area (Å²) in [5.74, 6) is -1.00. The molecule has 4 N–H and O–H groups in total. The van der Waals surface area contributed by atoms with Crippen LogP contribution in [0.1, 0.15) is 12.8 Å². The van der Waals surface area contributed by atoms with Gasteiger partial charge in [-0.1, -0.05) is 23.2 Å². The Morgan fingerprint density at radius 1 is 1.57 bits per heavy atom. The third-order valence-electron chi connectivity index (χ3n) is 1.83. The van der Waals surface area contributed by atoms with Crippen LogP contribution >= 0.6 is 23.2 Å². The Morgan fingerprint density at radius 2 is 2.07 bits per heavy atom. The van der Waals surface area contributed by atoms with E-state index in [0.29, 0.717) is 6.42 Å². The van der Waals surface area contributed by atoms with Crippen molar-refractivity contribution in [1.29, 1.82) is 0 Å². The summed E-state index contributed by atoms with van der Waals surface area (Å²) >= 11 is 10.4. The van der Waals surface area contributed by atoms with Crippen molar-refractivity contribution in [1.82, 2.24) is 0 Å². The fraction of sp³-hybridized carbons (Fsp3) is 0.857. The molecule has 0 saturated heterocycles. The van der Waals surface area contributed by atoms with Crippen molar-refractivity contribution in [3.8, 4) is 0 Å². The number of hydrogen-bond donors (Lipinski definition) is 2. The van der Waals surface area contributed by atoms with E-state index in [9.17, 15) is 9.18 Å². The van der Waals surface area contributed by atoms with Crippen LogP contribution in [-0.4, -0.2) is 29.7 Å². The standard InChI is InChI=1S/C7H13Cl2FN2O2/c1-14-5(13)6(12,3-2-4-11)7(8,9)10/h2-4,11-12H2,1H3/t6-/m0/s1. The summed E-state index contributed by atoms with van der Waals surface area (Å²) in [5.41, 5.74) is 8.57. The van der Waals surface area contributed by atoms with E-state index in [1.54, 1.807) is 0 Å². The summed E-state index contributed by atoms with van der Waals surface area (Å²) in [4.78, 5) is 11.2. The molecule has 0 aromatic heterocycles. The Bertz CT molecular complexity index is 210. The van der Waals surface area contributed by atoms with Gasteiger partial charge in [-0.15, -0.1) is 0 Å². The molecule has 0 bridgehead atoms. The van der Waals surface area contributed by atoms with Gasteiger partial charge in [0.2, 0.25) is 0 Å². The van der Waals surface area contributed by atoms with E-state index in [1.807, 2.05) is 0 Å². The first-order chi connectivity index (χ1) is 6.29. The van der Waals surface area contributed by atoms with Crippen LogP contribution in [0, 0.1) is 0 Å². The normalized spacial score (nSPS) is 16.1. The maximum atomic E-state index is 13.3. The van der Waals surface area contributed by atoms with E-state index < -0.39 is 16.1 Å². The Labute approximate surface area is 91.7 Å². The number of esters is 1. The first-order valence-electron chi connectivity index (χ1n) is 3.93. The lowest BCUT2D eigenvalue weighted by molar-refractivity contribution is -0.149. The van der Waals surface area contributed by atoms with Crippen LogP contribution < -0.4 is 11.5 Å². The zero-order valence-corrected chi connectivity index (χ0v) is 9.24. The van der Waals surface area contributed by atoms with Crippen LogP contribution in [0.25, 0.3) is 0 Å². The zero-order valence-electron chi connectivity index (χ0n) is 7.73. The fourth-order valence-corrected chi connectivity index (χ4v) is 1.27. The lowest BCUT2D eigenvalue weighted by atomic mass is 9.96. The van der Waals surface area contributed by atoms with Gasteiger partial charge in [-0.3, -0.25) is 0 Å². The third kappa shape index (κ3) is 2.95. The molecule has 4 nitrogen and oxygen atoms in total. The van der Waals surface area contributed by atoms with Gasteiger partial charge in [-0.2, -0.15) is 0 Å². The Morgan fingerprint density at radius 3 is 2.36 bits per heavy atom. The van der Waals surface area contributed by atoms with Crippen molar-refractivity contribution in [2.75, 3.05) is 13.7 Å². The van der Waals surface area contributed by atoms with E-state index in [-0.39, 0.29) is 13.0 Å². The van der Waals surface area contributed by atoms with Crippen LogP contribution in [0.2, 0.25) is 0 Å². The second-order valence-electron chi connectivity index (χ2n) is 2.85. The number of carbonyl (C=O) groups excluding carboxylic acids is 1. The second-order valence-corrected chi connectivity index (χ2v) is 4.09. The number of rotatable bonds is 5. The summed E-state index contributed by atoms with van der Waals surface area (Å²) < 4.78 is 14.7. The molecule has 0 aromatic rings. The third-order valence-corrected chi connectivity index (χ3v) is 2.51. The predicted molar refractivity (Wildman–Crippen MR) is 52.8 cm³/mol. The van der Waals surface area contributed by atoms with Crippen molar-refractivity contribution >= 4 is 29.2 Å². The highest BCUT2D eigenvalue weighted by Gasteiger charge is 2.53. The van der Waals surface area contributed by atoms with Gasteiger partial charge in [-0.25, -0.2) is 9.18 Å². The largest absolute Gasteiger partial charge is 0.467 e. The molecule has 0 aliphatic carbocycles. The van der Waals surface area contributed by atoms with Crippen molar-refractivity contribution in [2.24, 2.45) is 11.5 Å². The summed E-state index contributed by atoms with van der Waals surface area (Å²) in [6.45, 7) is 0.250. The minimum absolute atomic E-state index is 0.0837. The molecule has 0 rings (SSSR count). The predicted octanol–water partition coefficient (Wildman–Crippen LogP) is 0.697. The van der Waals surface area contributed by atoms with Crippen molar-refractivity contribution < 1.29 is 13.9 Å². The first-order valence-corrected chi connectivity index (χ1v) is 4.69. The van der Waals surface area contributed by atoms with Gasteiger partial charge in [0, 0.05) is 0 Å². The molecule has 0 radical (unpaired) electrons. The maximum Gasteiger partial charge on any atom is 0.331 e. The summed E-state index contributed by atoms with van der Waals surface area (Å²) in [7, 11) is 1.08. The molecule has 14 heavy (non-hydrogen) atoms. The molecule has 0 spiro atoms. The zero-order chi connectivity index (χ0) is 11.4. The lowest BCUT2D eigenvalue weighted by Gasteiger charge is -2.31. The van der Waals surface area contributed by atoms with E-state index >= 15 is 0 Å². The molecule has 0 aliphatic heterocycles. The molecule has 84 valence electrons. The van der Waals surface area contributed by atoms with Crippen LogP contribution in [0.5, 0.6) is 0 Å². The minimum Gasteiger partial charge on any atom is -0.467 e. The molecule has 1 atom stereocenters. The van der Waals surface area contributed by atoms with Gasteiger partial charge in [0.1, 0.15) is 0 Å². The van der Waals surface area contributed by atoms with Crippen LogP contribution in [0.4, 0.5) is 4.39 Å². The lowest BCUT2D eigenvalue weighted by Crippen LogP contribution is -2.59. The number of hydrogen-bond acceptors (Lipinski definition) is 4. The van der Waals surface area contributed by atoms with Gasteiger partial charge >= 0.3 is 5.97 Å². The van der Waals surface area contributed by atoms with Crippen LogP contribution in [0.15, 0.2) is 0 Å². The monoisotopic (exact) mass is 246 g/mol. The SMILES string of the molecule is COC(=O)[C@@](N)(CCCN)C(F)(Cl)Cl. The highest BCUT2D eigenvalue weighted by Crippen LogP contribution is 2.37. The Balaban J connectivity index is 4.76. The van der Waals surface area contributed by atoms with E-state index in [2.05, 4.69) is 4.74 Å². The Kier molecular flexibility index (Phi) is 5.08. The molecule has 0 aromatic carbocycles. The topological polar surface area (TPSA) is 78.3 Å². The van der Waals surface area contributed by atoms with Gasteiger partial charge in [0.25, 0.3) is 4.59 Å². The molecular formula is C7H13Cl2FN2O2. The molecule has 7 heteroatoms. The van der Waals surface area contributed by atoms with E-state index in [0.717, 1.165) is 7.11 Å². The van der Waals surface area contributed by atoms with E-state index in [4.69, 9.17) is 34.7 Å². The van der Waals surface area contributed by atoms with Crippen molar-refractivity contribution in [3.05, 3.63) is 0 Å². The number of nitrogens with two attached hydrogens (primary N) is 2. The Hall–Kier alpha value is -0.100. The quantitative estimate of drug-likeness (QED) is 0.553. The molecule has 0 amide bonds. The first kappa shape index (κ1) is 13.9. The number of halogens is 3. The molecule has 0 heterocycles. The molecule has 0 fully saturated rings.